The maximum atomic E-state index is 12.4. The topological polar surface area (TPSA) is 175 Å². The van der Waals surface area contributed by atoms with E-state index in [-0.39, 0.29) is 41.1 Å². The number of sulfonamides is 1. The van der Waals surface area contributed by atoms with E-state index in [9.17, 15) is 23.4 Å². The van der Waals surface area contributed by atoms with Gasteiger partial charge in [0.2, 0.25) is 10.0 Å². The zero-order valence-corrected chi connectivity index (χ0v) is 23.8. The average Bonchev–Trinajstić information content (AvgIpc) is 3.30. The molecule has 11 nitrogen and oxygen atoms in total. The van der Waals surface area contributed by atoms with Crippen LogP contribution in [-0.4, -0.2) is 65.1 Å². The second-order valence-corrected chi connectivity index (χ2v) is 12.2. The summed E-state index contributed by atoms with van der Waals surface area (Å²) in [7, 11) is -0.627. The second kappa shape index (κ2) is 12.1. The van der Waals surface area contributed by atoms with Crippen LogP contribution in [0.5, 0.6) is 0 Å². The highest BCUT2D eigenvalue weighted by atomic mass is 32.2. The molecule has 0 saturated heterocycles. The van der Waals surface area contributed by atoms with Crippen LogP contribution >= 0.6 is 0 Å². The summed E-state index contributed by atoms with van der Waals surface area (Å²) >= 11 is 0. The minimum absolute atomic E-state index is 0.0164. The quantitative estimate of drug-likeness (QED) is 0.209. The Morgan fingerprint density at radius 1 is 1.15 bits per heavy atom. The minimum Gasteiger partial charge on any atom is -0.477 e. The first-order valence-electron chi connectivity index (χ1n) is 12.8. The number of nitrogens with zero attached hydrogens (tertiary/aromatic N) is 4. The highest BCUT2D eigenvalue weighted by Crippen LogP contribution is 2.25. The van der Waals surface area contributed by atoms with Crippen LogP contribution < -0.4 is 11.1 Å². The number of benzene rings is 2. The number of anilines is 1. The third-order valence-corrected chi connectivity index (χ3v) is 8.70. The molecule has 0 aliphatic rings. The number of aliphatic hydroxyl groups is 1. The van der Waals surface area contributed by atoms with Gasteiger partial charge in [-0.15, -0.1) is 0 Å². The highest BCUT2D eigenvalue weighted by molar-refractivity contribution is 7.89. The molecule has 12 heteroatoms. The predicted octanol–water partition coefficient (Wildman–Crippen LogP) is 2.74. The lowest BCUT2D eigenvalue weighted by molar-refractivity contribution is 0.0686. The smallest absolute Gasteiger partial charge is 0.352 e. The first kappa shape index (κ1) is 29.7. The third-order valence-electron chi connectivity index (χ3n) is 6.87. The molecule has 0 aliphatic carbocycles. The molecule has 4 rings (SSSR count). The van der Waals surface area contributed by atoms with Gasteiger partial charge in [-0.3, -0.25) is 0 Å². The van der Waals surface area contributed by atoms with E-state index < -0.39 is 22.1 Å². The number of nitriles is 1. The maximum absolute atomic E-state index is 12.4. The molecule has 214 valence electrons. The minimum atomic E-state index is -3.56. The van der Waals surface area contributed by atoms with Crippen LogP contribution in [0, 0.1) is 11.3 Å². The largest absolute Gasteiger partial charge is 0.477 e. The molecule has 0 fully saturated rings. The molecule has 0 saturated carbocycles. The number of carbonyl (C=O) groups is 1. The van der Waals surface area contributed by atoms with Gasteiger partial charge in [-0.05, 0) is 60.9 Å². The first-order valence-corrected chi connectivity index (χ1v) is 14.3. The number of hydrogen-bond acceptors (Lipinski definition) is 8. The van der Waals surface area contributed by atoms with Crippen molar-refractivity contribution in [1.82, 2.24) is 19.2 Å². The lowest BCUT2D eigenvalue weighted by atomic mass is 10.0. The van der Waals surface area contributed by atoms with Crippen molar-refractivity contribution in [3.8, 4) is 6.07 Å². The molecule has 0 amide bonds. The Balaban J connectivity index is 1.48. The Bertz CT molecular complexity index is 1730. The fourth-order valence-electron chi connectivity index (χ4n) is 4.57. The van der Waals surface area contributed by atoms with Gasteiger partial charge in [-0.1, -0.05) is 18.2 Å². The molecule has 0 bridgehead atoms. The number of carboxylic acids is 1. The normalized spacial score (nSPS) is 13.3. The summed E-state index contributed by atoms with van der Waals surface area (Å²) in [6, 6.07) is 17.3. The fourth-order valence-corrected chi connectivity index (χ4v) is 5.48. The van der Waals surface area contributed by atoms with Crippen molar-refractivity contribution in [3.05, 3.63) is 88.7 Å². The van der Waals surface area contributed by atoms with Gasteiger partial charge in [0.25, 0.3) is 0 Å². The van der Waals surface area contributed by atoms with Crippen molar-refractivity contribution in [2.45, 2.75) is 36.9 Å². The number of fused-ring (bicyclic) bond motifs is 1. The van der Waals surface area contributed by atoms with Crippen LogP contribution in [-0.2, 0) is 23.0 Å². The zero-order valence-electron chi connectivity index (χ0n) is 22.9. The van der Waals surface area contributed by atoms with E-state index >= 15 is 0 Å². The van der Waals surface area contributed by atoms with Crippen LogP contribution in [0.4, 0.5) is 5.82 Å². The van der Waals surface area contributed by atoms with E-state index in [1.165, 1.54) is 38.5 Å². The number of aromatic carboxylic acids is 1. The molecule has 0 radical (unpaired) electrons. The van der Waals surface area contributed by atoms with Crippen molar-refractivity contribution in [3.63, 3.8) is 0 Å². The summed E-state index contributed by atoms with van der Waals surface area (Å²) in [5, 5.41) is 33.6. The number of aliphatic hydroxyl groups excluding tert-OH is 1. The van der Waals surface area contributed by atoms with Crippen molar-refractivity contribution in [2.75, 3.05) is 26.4 Å². The molecule has 2 unspecified atom stereocenters. The molecule has 2 heterocycles. The number of carboxylic acid groups (broad SMARTS) is 1. The number of nitrogen functional groups attached to an aromatic ring is 1. The summed E-state index contributed by atoms with van der Waals surface area (Å²) in [6.45, 7) is 2.48. The summed E-state index contributed by atoms with van der Waals surface area (Å²) in [5.74, 6) is -0.941. The monoisotopic (exact) mass is 576 g/mol. The Hall–Kier alpha value is -4.28. The van der Waals surface area contributed by atoms with Gasteiger partial charge < -0.3 is 25.8 Å². The highest BCUT2D eigenvalue weighted by Gasteiger charge is 2.19. The van der Waals surface area contributed by atoms with Gasteiger partial charge >= 0.3 is 5.97 Å². The molecule has 5 N–H and O–H groups in total. The summed E-state index contributed by atoms with van der Waals surface area (Å²) < 4.78 is 27.6. The molecule has 0 aliphatic heterocycles. The fraction of sp³-hybridized carbons (Fsp3) is 0.276. The number of rotatable bonds is 11. The Labute approximate surface area is 238 Å². The van der Waals surface area contributed by atoms with Gasteiger partial charge in [0, 0.05) is 55.9 Å². The van der Waals surface area contributed by atoms with Crippen LogP contribution in [0.15, 0.2) is 65.7 Å². The standard InChI is InChI=1S/C29H32N6O5S/c1-18(32-16-27(36)23-12-22(14-30)28(31)33-15-23)10-20-6-9-25-21(11-20)13-26(29(37)38)35(25)17-19-4-7-24(8-5-19)41(39,40)34(2)3/h4-9,11-13,15,18,27,32,36H,10,16-17H2,1-3H3,(H2,31,33)(H,37,38). The number of nitrogens with two attached hydrogens (primary N) is 1. The SMILES string of the molecule is CC(Cc1ccc2c(c1)cc(C(=O)O)n2Cc1ccc(S(=O)(=O)N(C)C)cc1)NCC(O)c1cnc(N)c(C#N)c1. The van der Waals surface area contributed by atoms with Crippen LogP contribution in [0.25, 0.3) is 10.9 Å². The number of aromatic nitrogens is 2. The molecule has 2 aromatic heterocycles. The zero-order chi connectivity index (χ0) is 29.9. The molecule has 4 aromatic rings. The Morgan fingerprint density at radius 3 is 2.46 bits per heavy atom. The summed E-state index contributed by atoms with van der Waals surface area (Å²) in [5.41, 5.74) is 8.99. The first-order chi connectivity index (χ1) is 19.4. The number of pyridine rings is 1. The lowest BCUT2D eigenvalue weighted by Gasteiger charge is -2.18. The lowest BCUT2D eigenvalue weighted by Crippen LogP contribution is -2.32. The van der Waals surface area contributed by atoms with E-state index in [2.05, 4.69) is 10.3 Å². The van der Waals surface area contributed by atoms with Gasteiger partial charge in [0.15, 0.2) is 0 Å². The molecular weight excluding hydrogens is 544 g/mol. The molecule has 0 spiro atoms. The van der Waals surface area contributed by atoms with Crippen LogP contribution in [0.1, 0.15) is 45.8 Å². The average molecular weight is 577 g/mol. The van der Waals surface area contributed by atoms with Gasteiger partial charge in [-0.2, -0.15) is 5.26 Å². The Morgan fingerprint density at radius 2 is 1.83 bits per heavy atom. The third kappa shape index (κ3) is 6.55. The van der Waals surface area contributed by atoms with E-state index in [4.69, 9.17) is 11.0 Å². The van der Waals surface area contributed by atoms with Crippen molar-refractivity contribution >= 4 is 32.7 Å². The summed E-state index contributed by atoms with van der Waals surface area (Å²) in [4.78, 5) is 16.2. The van der Waals surface area contributed by atoms with Crippen molar-refractivity contribution in [1.29, 1.82) is 5.26 Å². The van der Waals surface area contributed by atoms with Gasteiger partial charge in [0.05, 0.1) is 16.6 Å². The van der Waals surface area contributed by atoms with Crippen molar-refractivity contribution in [2.24, 2.45) is 0 Å². The molecular formula is C29H32N6O5S. The van der Waals surface area contributed by atoms with E-state index in [1.807, 2.05) is 31.2 Å². The van der Waals surface area contributed by atoms with Crippen molar-refractivity contribution < 1.29 is 23.4 Å². The molecule has 2 aromatic carbocycles. The number of hydrogen-bond donors (Lipinski definition) is 4. The predicted molar refractivity (Wildman–Crippen MR) is 155 cm³/mol. The maximum Gasteiger partial charge on any atom is 0.352 e. The Kier molecular flexibility index (Phi) is 8.74. The molecule has 2 atom stereocenters. The van der Waals surface area contributed by atoms with Crippen LogP contribution in [0.2, 0.25) is 0 Å². The number of nitrogens with one attached hydrogen (secondary N) is 1. The van der Waals surface area contributed by atoms with Gasteiger partial charge in [0.1, 0.15) is 17.6 Å². The van der Waals surface area contributed by atoms with E-state index in [1.54, 1.807) is 22.8 Å². The van der Waals surface area contributed by atoms with Gasteiger partial charge in [-0.25, -0.2) is 22.5 Å². The van der Waals surface area contributed by atoms with Crippen LogP contribution in [0.3, 0.4) is 0 Å². The second-order valence-electron chi connectivity index (χ2n) is 10.1. The summed E-state index contributed by atoms with van der Waals surface area (Å²) in [6.07, 6.45) is 1.21. The van der Waals surface area contributed by atoms with E-state index in [0.717, 1.165) is 26.3 Å². The van der Waals surface area contributed by atoms with E-state index in [0.29, 0.717) is 12.0 Å². The molecule has 41 heavy (non-hydrogen) atoms.